The van der Waals surface area contributed by atoms with Crippen LogP contribution in [0, 0.1) is 0 Å². The standard InChI is InChI=1S/C28H22O2/c29-24-16-14-23(15-17-24)28-27(22-9-5-2-6-10-22)25-19-21(13-18-26(25)30-28)12-11-20-7-3-1-4-8-20/h1-19,27-29H/b12-11+. The molecule has 2 atom stereocenters. The number of ether oxygens (including phenoxy) is 1. The monoisotopic (exact) mass is 390 g/mol. The largest absolute Gasteiger partial charge is 0.508 e. The lowest BCUT2D eigenvalue weighted by atomic mass is 9.84. The molecule has 4 aromatic rings. The van der Waals surface area contributed by atoms with E-state index in [1.54, 1.807) is 12.1 Å². The Morgan fingerprint density at radius 1 is 0.633 bits per heavy atom. The summed E-state index contributed by atoms with van der Waals surface area (Å²) in [6.07, 6.45) is 4.15. The zero-order valence-corrected chi connectivity index (χ0v) is 16.5. The Morgan fingerprint density at radius 3 is 2.03 bits per heavy atom. The van der Waals surface area contributed by atoms with E-state index in [0.29, 0.717) is 0 Å². The first kappa shape index (κ1) is 18.3. The smallest absolute Gasteiger partial charge is 0.135 e. The van der Waals surface area contributed by atoms with Crippen LogP contribution in [0.2, 0.25) is 0 Å². The number of phenols is 1. The quantitative estimate of drug-likeness (QED) is 0.387. The Bertz CT molecular complexity index is 1160. The predicted molar refractivity (Wildman–Crippen MR) is 122 cm³/mol. The van der Waals surface area contributed by atoms with Crippen molar-refractivity contribution in [1.82, 2.24) is 0 Å². The van der Waals surface area contributed by atoms with Crippen molar-refractivity contribution in [2.24, 2.45) is 0 Å². The molecule has 0 spiro atoms. The topological polar surface area (TPSA) is 29.5 Å². The summed E-state index contributed by atoms with van der Waals surface area (Å²) in [4.78, 5) is 0. The van der Waals surface area contributed by atoms with Gasteiger partial charge in [0.25, 0.3) is 0 Å². The zero-order chi connectivity index (χ0) is 20.3. The lowest BCUT2D eigenvalue weighted by Crippen LogP contribution is -2.11. The van der Waals surface area contributed by atoms with Crippen LogP contribution in [0.25, 0.3) is 12.2 Å². The van der Waals surface area contributed by atoms with Gasteiger partial charge in [-0.15, -0.1) is 0 Å². The van der Waals surface area contributed by atoms with Crippen LogP contribution in [-0.4, -0.2) is 5.11 Å². The first-order valence-electron chi connectivity index (χ1n) is 10.2. The Hall–Kier alpha value is -3.78. The third-order valence-electron chi connectivity index (χ3n) is 5.57. The third-order valence-corrected chi connectivity index (χ3v) is 5.57. The minimum absolute atomic E-state index is 0.0934. The van der Waals surface area contributed by atoms with Crippen molar-refractivity contribution >= 4 is 12.2 Å². The van der Waals surface area contributed by atoms with Crippen molar-refractivity contribution in [2.45, 2.75) is 12.0 Å². The molecule has 5 rings (SSSR count). The molecule has 2 unspecified atom stereocenters. The second-order valence-corrected chi connectivity index (χ2v) is 7.56. The number of aromatic hydroxyl groups is 1. The molecule has 1 aliphatic rings. The zero-order valence-electron chi connectivity index (χ0n) is 16.5. The van der Waals surface area contributed by atoms with Crippen LogP contribution in [0.3, 0.4) is 0 Å². The van der Waals surface area contributed by atoms with Crippen LogP contribution in [0.1, 0.15) is 39.8 Å². The van der Waals surface area contributed by atoms with Gasteiger partial charge >= 0.3 is 0 Å². The normalized spacial score (nSPS) is 17.6. The fraction of sp³-hybridized carbons (Fsp3) is 0.0714. The average Bonchev–Trinajstić information content (AvgIpc) is 3.18. The van der Waals surface area contributed by atoms with Gasteiger partial charge in [-0.2, -0.15) is 0 Å². The molecule has 4 aromatic carbocycles. The Kier molecular flexibility index (Phi) is 4.82. The molecule has 2 heteroatoms. The highest BCUT2D eigenvalue weighted by atomic mass is 16.5. The Balaban J connectivity index is 1.54. The van der Waals surface area contributed by atoms with E-state index in [9.17, 15) is 5.11 Å². The van der Waals surface area contributed by atoms with Gasteiger partial charge < -0.3 is 9.84 Å². The summed E-state index contributed by atoms with van der Waals surface area (Å²) in [5, 5.41) is 9.70. The molecule has 0 aromatic heterocycles. The van der Waals surface area contributed by atoms with E-state index >= 15 is 0 Å². The summed E-state index contributed by atoms with van der Waals surface area (Å²) in [7, 11) is 0. The van der Waals surface area contributed by atoms with Gasteiger partial charge in [0, 0.05) is 5.56 Å². The molecule has 2 nitrogen and oxygen atoms in total. The van der Waals surface area contributed by atoms with Gasteiger partial charge in [-0.25, -0.2) is 0 Å². The molecule has 0 bridgehead atoms. The van der Waals surface area contributed by atoms with E-state index in [1.807, 2.05) is 36.4 Å². The van der Waals surface area contributed by atoms with Crippen LogP contribution >= 0.6 is 0 Å². The summed E-state index contributed by atoms with van der Waals surface area (Å²) < 4.78 is 6.41. The minimum Gasteiger partial charge on any atom is -0.508 e. The van der Waals surface area contributed by atoms with E-state index in [4.69, 9.17) is 4.74 Å². The van der Waals surface area contributed by atoms with Crippen molar-refractivity contribution in [3.8, 4) is 11.5 Å². The summed E-state index contributed by atoms with van der Waals surface area (Å²) in [5.74, 6) is 1.27. The molecule has 0 amide bonds. The first-order chi connectivity index (χ1) is 14.8. The third kappa shape index (κ3) is 3.60. The maximum Gasteiger partial charge on any atom is 0.135 e. The molecule has 0 saturated heterocycles. The molecule has 0 fully saturated rings. The molecule has 1 N–H and O–H groups in total. The van der Waals surface area contributed by atoms with E-state index in [-0.39, 0.29) is 17.8 Å². The van der Waals surface area contributed by atoms with Crippen molar-refractivity contribution < 1.29 is 9.84 Å². The highest BCUT2D eigenvalue weighted by molar-refractivity contribution is 5.71. The maximum atomic E-state index is 9.70. The molecule has 0 radical (unpaired) electrons. The highest BCUT2D eigenvalue weighted by Crippen LogP contribution is 2.49. The molecule has 0 saturated carbocycles. The van der Waals surface area contributed by atoms with Gasteiger partial charge in [0.2, 0.25) is 0 Å². The highest BCUT2D eigenvalue weighted by Gasteiger charge is 2.36. The van der Waals surface area contributed by atoms with Gasteiger partial charge in [0.1, 0.15) is 17.6 Å². The predicted octanol–water partition coefficient (Wildman–Crippen LogP) is 6.83. The number of benzene rings is 4. The van der Waals surface area contributed by atoms with Crippen LogP contribution in [-0.2, 0) is 0 Å². The summed E-state index contributed by atoms with van der Waals surface area (Å²) in [5.41, 5.74) is 5.79. The summed E-state index contributed by atoms with van der Waals surface area (Å²) in [6, 6.07) is 34.5. The number of rotatable bonds is 4. The number of hydrogen-bond donors (Lipinski definition) is 1. The van der Waals surface area contributed by atoms with E-state index < -0.39 is 0 Å². The molecule has 146 valence electrons. The van der Waals surface area contributed by atoms with Crippen molar-refractivity contribution in [1.29, 1.82) is 0 Å². The van der Waals surface area contributed by atoms with Gasteiger partial charge in [-0.1, -0.05) is 91.0 Å². The minimum atomic E-state index is -0.128. The van der Waals surface area contributed by atoms with Crippen molar-refractivity contribution in [2.75, 3.05) is 0 Å². The summed E-state index contributed by atoms with van der Waals surface area (Å²) in [6.45, 7) is 0. The van der Waals surface area contributed by atoms with Crippen LogP contribution in [0.5, 0.6) is 11.5 Å². The fourth-order valence-electron chi connectivity index (χ4n) is 4.08. The number of hydrogen-bond acceptors (Lipinski definition) is 2. The van der Waals surface area contributed by atoms with Gasteiger partial charge in [-0.05, 0) is 46.5 Å². The first-order valence-corrected chi connectivity index (χ1v) is 10.2. The summed E-state index contributed by atoms with van der Waals surface area (Å²) >= 11 is 0. The molecule has 0 aliphatic carbocycles. The molecule has 1 heterocycles. The average molecular weight is 390 g/mol. The van der Waals surface area contributed by atoms with Crippen molar-refractivity contribution in [3.63, 3.8) is 0 Å². The molecular formula is C28H22O2. The fourth-order valence-corrected chi connectivity index (χ4v) is 4.08. The number of fused-ring (bicyclic) bond motifs is 1. The van der Waals surface area contributed by atoms with Crippen LogP contribution in [0.4, 0.5) is 0 Å². The lowest BCUT2D eigenvalue weighted by molar-refractivity contribution is 0.222. The Labute approximate surface area is 176 Å². The van der Waals surface area contributed by atoms with Crippen LogP contribution < -0.4 is 4.74 Å². The van der Waals surface area contributed by atoms with Gasteiger partial charge in [-0.3, -0.25) is 0 Å². The van der Waals surface area contributed by atoms with Gasteiger partial charge in [0.15, 0.2) is 0 Å². The van der Waals surface area contributed by atoms with E-state index in [0.717, 1.165) is 16.9 Å². The second kappa shape index (κ2) is 7.92. The second-order valence-electron chi connectivity index (χ2n) is 7.56. The van der Waals surface area contributed by atoms with Crippen molar-refractivity contribution in [3.05, 3.63) is 131 Å². The SMILES string of the molecule is Oc1ccc(C2Oc3ccc(/C=C/c4ccccc4)cc3C2c2ccccc2)cc1. The van der Waals surface area contributed by atoms with Gasteiger partial charge in [0.05, 0.1) is 5.92 Å². The maximum absolute atomic E-state index is 9.70. The Morgan fingerprint density at radius 2 is 1.30 bits per heavy atom. The number of phenolic OH excluding ortho intramolecular Hbond substituents is 1. The van der Waals surface area contributed by atoms with Crippen LogP contribution in [0.15, 0.2) is 103 Å². The molecule has 1 aliphatic heterocycles. The molecule has 30 heavy (non-hydrogen) atoms. The van der Waals surface area contributed by atoms with E-state index in [1.165, 1.54) is 16.7 Å². The lowest BCUT2D eigenvalue weighted by Gasteiger charge is -2.20. The molecular weight excluding hydrogens is 368 g/mol. The van der Waals surface area contributed by atoms with E-state index in [2.05, 4.69) is 66.7 Å².